The molecule has 0 aliphatic carbocycles. The van der Waals surface area contributed by atoms with Crippen LogP contribution in [0.15, 0.2) is 0 Å². The van der Waals surface area contributed by atoms with Crippen molar-refractivity contribution in [3.8, 4) is 0 Å². The highest BCUT2D eigenvalue weighted by Crippen LogP contribution is 2.04. The molecule has 1 nitrogen and oxygen atoms in total. The lowest BCUT2D eigenvalue weighted by Crippen LogP contribution is -1.97. The maximum Gasteiger partial charge on any atom is 0.0512 e. The van der Waals surface area contributed by atoms with Gasteiger partial charge in [0.05, 0.1) is 6.10 Å². The van der Waals surface area contributed by atoms with E-state index in [1.54, 1.807) is 0 Å². The average Bonchev–Trinajstić information content (AvgIpc) is 2.13. The number of halogens is 2. The minimum absolute atomic E-state index is 0.0955. The Balaban J connectivity index is 0. The lowest BCUT2D eigenvalue weighted by atomic mass is 10.1. The molecule has 1 unspecified atom stereocenters. The predicted molar refractivity (Wildman–Crippen MR) is 61.9 cm³/mol. The number of rotatable bonds is 6. The van der Waals surface area contributed by atoms with E-state index in [4.69, 9.17) is 28.3 Å². The monoisotopic (exact) mass is 228 g/mol. The Hall–Kier alpha value is 0.540. The van der Waals surface area contributed by atoms with Gasteiger partial charge in [0.25, 0.3) is 0 Å². The van der Waals surface area contributed by atoms with Crippen LogP contribution in [0.3, 0.4) is 0 Å². The van der Waals surface area contributed by atoms with Crippen LogP contribution in [0, 0.1) is 0 Å². The van der Waals surface area contributed by atoms with E-state index in [2.05, 4.69) is 6.92 Å². The van der Waals surface area contributed by atoms with E-state index < -0.39 is 0 Å². The molecule has 13 heavy (non-hydrogen) atoms. The number of unbranched alkanes of at least 4 members (excludes halogenated alkanes) is 3. The van der Waals surface area contributed by atoms with E-state index in [1.807, 2.05) is 6.92 Å². The molecule has 0 rings (SSSR count). The molecule has 0 saturated carbocycles. The molecule has 3 heteroatoms. The van der Waals surface area contributed by atoms with Crippen molar-refractivity contribution in [1.29, 1.82) is 0 Å². The molecular formula is C10H22Cl2O. The van der Waals surface area contributed by atoms with Crippen LogP contribution in [0.1, 0.15) is 46.0 Å². The smallest absolute Gasteiger partial charge is 0.0512 e. The summed E-state index contributed by atoms with van der Waals surface area (Å²) in [6, 6.07) is 0. The maximum absolute atomic E-state index is 8.85. The minimum Gasteiger partial charge on any atom is -0.393 e. The van der Waals surface area contributed by atoms with Gasteiger partial charge in [-0.3, -0.25) is 0 Å². The third kappa shape index (κ3) is 24.5. The zero-order chi connectivity index (χ0) is 10.5. The van der Waals surface area contributed by atoms with Gasteiger partial charge in [0, 0.05) is 11.8 Å². The molecule has 0 bridgehead atoms. The Morgan fingerprint density at radius 1 is 1.08 bits per heavy atom. The van der Waals surface area contributed by atoms with E-state index in [9.17, 15) is 0 Å². The Kier molecular flexibility index (Phi) is 18.5. The molecule has 82 valence electrons. The fourth-order valence-electron chi connectivity index (χ4n) is 0.867. The Morgan fingerprint density at radius 3 is 1.92 bits per heavy atom. The van der Waals surface area contributed by atoms with Crippen molar-refractivity contribution in [2.45, 2.75) is 52.1 Å². The molecule has 0 aromatic carbocycles. The first kappa shape index (κ1) is 16.0. The lowest BCUT2D eigenvalue weighted by Gasteiger charge is -2.01. The summed E-state index contributed by atoms with van der Waals surface area (Å²) in [5, 5.41) is 8.85. The van der Waals surface area contributed by atoms with Crippen molar-refractivity contribution in [3.63, 3.8) is 0 Å². The first-order valence-corrected chi connectivity index (χ1v) is 6.05. The van der Waals surface area contributed by atoms with Gasteiger partial charge >= 0.3 is 0 Å². The Bertz CT molecular complexity index is 75.3. The van der Waals surface area contributed by atoms with Crippen LogP contribution in [0.25, 0.3) is 0 Å². The van der Waals surface area contributed by atoms with E-state index in [-0.39, 0.29) is 6.10 Å². The largest absolute Gasteiger partial charge is 0.393 e. The van der Waals surface area contributed by atoms with Crippen LogP contribution in [-0.4, -0.2) is 23.0 Å². The topological polar surface area (TPSA) is 20.2 Å². The van der Waals surface area contributed by atoms with Crippen molar-refractivity contribution >= 4 is 23.2 Å². The standard InChI is InChI=1S/C8H18O.C2H4Cl2/c1-3-4-5-6-7-8(2)9;3-1-2-4/h8-9H,3-7H2,1-2H3;1-2H2. The molecule has 1 atom stereocenters. The summed E-state index contributed by atoms with van der Waals surface area (Å²) in [6.45, 7) is 4.05. The molecule has 0 saturated heterocycles. The zero-order valence-electron chi connectivity index (χ0n) is 8.73. The predicted octanol–water partition coefficient (Wildman–Crippen LogP) is 3.80. The molecular weight excluding hydrogens is 207 g/mol. The zero-order valence-corrected chi connectivity index (χ0v) is 10.2. The van der Waals surface area contributed by atoms with Gasteiger partial charge in [0.2, 0.25) is 0 Å². The fraction of sp³-hybridized carbons (Fsp3) is 1.00. The van der Waals surface area contributed by atoms with Crippen LogP contribution < -0.4 is 0 Å². The summed E-state index contributed by atoms with van der Waals surface area (Å²) >= 11 is 10.1. The molecule has 1 N–H and O–H groups in total. The highest BCUT2D eigenvalue weighted by molar-refractivity contribution is 6.25. The summed E-state index contributed by atoms with van der Waals surface area (Å²) in [5.74, 6) is 1.11. The molecule has 0 fully saturated rings. The second kappa shape index (κ2) is 15.0. The van der Waals surface area contributed by atoms with Gasteiger partial charge in [-0.15, -0.1) is 23.2 Å². The van der Waals surface area contributed by atoms with Gasteiger partial charge in [0.15, 0.2) is 0 Å². The third-order valence-corrected chi connectivity index (χ3v) is 2.12. The van der Waals surface area contributed by atoms with Crippen LogP contribution in [0.4, 0.5) is 0 Å². The highest BCUT2D eigenvalue weighted by Gasteiger charge is 1.93. The number of hydrogen-bond acceptors (Lipinski definition) is 1. The first-order chi connectivity index (χ1) is 6.18. The first-order valence-electron chi connectivity index (χ1n) is 4.99. The number of hydrogen-bond donors (Lipinski definition) is 1. The van der Waals surface area contributed by atoms with Crippen LogP contribution in [-0.2, 0) is 0 Å². The van der Waals surface area contributed by atoms with E-state index in [0.29, 0.717) is 11.8 Å². The normalized spacial score (nSPS) is 11.8. The molecule has 0 amide bonds. The van der Waals surface area contributed by atoms with Crippen molar-refractivity contribution in [1.82, 2.24) is 0 Å². The van der Waals surface area contributed by atoms with Gasteiger partial charge in [-0.1, -0.05) is 32.6 Å². The van der Waals surface area contributed by atoms with Gasteiger partial charge in [-0.05, 0) is 13.3 Å². The summed E-state index contributed by atoms with van der Waals surface area (Å²) in [5.41, 5.74) is 0. The average molecular weight is 229 g/mol. The number of aliphatic hydroxyl groups is 1. The Labute approximate surface area is 92.4 Å². The molecule has 0 spiro atoms. The number of aliphatic hydroxyl groups excluding tert-OH is 1. The summed E-state index contributed by atoms with van der Waals surface area (Å²) in [6.07, 6.45) is 5.93. The summed E-state index contributed by atoms with van der Waals surface area (Å²) in [7, 11) is 0. The molecule has 0 heterocycles. The van der Waals surface area contributed by atoms with E-state index in [0.717, 1.165) is 6.42 Å². The van der Waals surface area contributed by atoms with Gasteiger partial charge < -0.3 is 5.11 Å². The van der Waals surface area contributed by atoms with Crippen molar-refractivity contribution in [2.24, 2.45) is 0 Å². The molecule has 0 aromatic rings. The number of alkyl halides is 2. The molecule has 0 aliphatic heterocycles. The van der Waals surface area contributed by atoms with E-state index >= 15 is 0 Å². The van der Waals surface area contributed by atoms with Gasteiger partial charge in [0.1, 0.15) is 0 Å². The SMILES string of the molecule is CCCCCCC(C)O.ClCCCl. The van der Waals surface area contributed by atoms with Gasteiger partial charge in [-0.2, -0.15) is 0 Å². The van der Waals surface area contributed by atoms with E-state index in [1.165, 1.54) is 25.7 Å². The van der Waals surface area contributed by atoms with Crippen LogP contribution in [0.5, 0.6) is 0 Å². The summed E-state index contributed by atoms with van der Waals surface area (Å²) in [4.78, 5) is 0. The Morgan fingerprint density at radius 2 is 1.62 bits per heavy atom. The summed E-state index contributed by atoms with van der Waals surface area (Å²) < 4.78 is 0. The van der Waals surface area contributed by atoms with Crippen LogP contribution in [0.2, 0.25) is 0 Å². The highest BCUT2D eigenvalue weighted by atomic mass is 35.5. The van der Waals surface area contributed by atoms with Gasteiger partial charge in [-0.25, -0.2) is 0 Å². The van der Waals surface area contributed by atoms with Crippen molar-refractivity contribution in [2.75, 3.05) is 11.8 Å². The van der Waals surface area contributed by atoms with Crippen molar-refractivity contribution < 1.29 is 5.11 Å². The van der Waals surface area contributed by atoms with Crippen molar-refractivity contribution in [3.05, 3.63) is 0 Å². The maximum atomic E-state index is 8.85. The lowest BCUT2D eigenvalue weighted by molar-refractivity contribution is 0.180. The third-order valence-electron chi connectivity index (χ3n) is 1.55. The quantitative estimate of drug-likeness (QED) is 0.542. The molecule has 0 radical (unpaired) electrons. The second-order valence-corrected chi connectivity index (χ2v) is 3.83. The van der Waals surface area contributed by atoms with Crippen LogP contribution >= 0.6 is 23.2 Å². The minimum atomic E-state index is -0.0955. The molecule has 0 aromatic heterocycles. The molecule has 0 aliphatic rings. The second-order valence-electron chi connectivity index (χ2n) is 3.08. The fourth-order valence-corrected chi connectivity index (χ4v) is 0.867.